The third-order valence-electron chi connectivity index (χ3n) is 12.1. The molecule has 8 N–H and O–H groups in total. The fraction of sp³-hybridized carbons (Fsp3) is 0.200. The number of aliphatic imine (C=N–C) groups is 2. The van der Waals surface area contributed by atoms with Crippen LogP contribution in [0.25, 0.3) is 11.1 Å². The highest BCUT2D eigenvalue weighted by molar-refractivity contribution is 9.10. The zero-order valence-electron chi connectivity index (χ0n) is 36.2. The lowest BCUT2D eigenvalue weighted by Gasteiger charge is -2.37. The van der Waals surface area contributed by atoms with Crippen LogP contribution in [0.4, 0.5) is 0 Å². The Bertz CT molecular complexity index is 2830. The Morgan fingerprint density at radius 2 is 1.09 bits per heavy atom. The number of benzene rings is 6. The number of fused-ring (bicyclic) bond motifs is 4. The Labute approximate surface area is 390 Å². The Balaban J connectivity index is 0.000000149. The van der Waals surface area contributed by atoms with Gasteiger partial charge in [-0.15, -0.1) is 0 Å². The smallest absolute Gasteiger partial charge is 0.485 e. The van der Waals surface area contributed by atoms with Crippen LogP contribution >= 0.6 is 15.9 Å². The number of hydrogen-bond acceptors (Lipinski definition) is 12. The van der Waals surface area contributed by atoms with Crippen molar-refractivity contribution in [3.63, 3.8) is 0 Å². The van der Waals surface area contributed by atoms with E-state index in [0.29, 0.717) is 40.9 Å². The Morgan fingerprint density at radius 3 is 1.58 bits per heavy atom. The number of likely N-dealkylation sites (N-methyl/N-ethyl adjacent to an activating group) is 2. The molecule has 0 saturated carbocycles. The number of aliphatic hydroxyl groups is 2. The highest BCUT2D eigenvalue weighted by Crippen LogP contribution is 2.52. The number of rotatable bonds is 6. The third kappa shape index (κ3) is 8.80. The third-order valence-corrected chi connectivity index (χ3v) is 12.6. The molecule has 6 aromatic rings. The fourth-order valence-electron chi connectivity index (χ4n) is 8.64. The minimum Gasteiger partial charge on any atom is -0.485 e. The van der Waals surface area contributed by atoms with Crippen molar-refractivity contribution in [2.75, 3.05) is 14.1 Å². The Hall–Kier alpha value is -6.82. The zero-order chi connectivity index (χ0) is 46.8. The number of guanidine groups is 2. The maximum Gasteiger partial charge on any atom is 0.488 e. The molecular formula is C50H48BBrN6O8. The van der Waals surface area contributed by atoms with Crippen molar-refractivity contribution in [2.24, 2.45) is 21.5 Å². The first-order valence-corrected chi connectivity index (χ1v) is 22.0. The molecule has 14 nitrogen and oxygen atoms in total. The zero-order valence-corrected chi connectivity index (χ0v) is 37.7. The second-order valence-electron chi connectivity index (χ2n) is 16.3. The predicted octanol–water partition coefficient (Wildman–Crippen LogP) is 5.17. The second kappa shape index (κ2) is 19.0. The van der Waals surface area contributed by atoms with E-state index in [4.69, 9.17) is 36.1 Å². The van der Waals surface area contributed by atoms with Gasteiger partial charge in [0.25, 0.3) is 11.8 Å². The molecule has 2 amide bonds. The number of ether oxygens (including phenoxy) is 2. The van der Waals surface area contributed by atoms with Crippen LogP contribution in [0.2, 0.25) is 0 Å². The van der Waals surface area contributed by atoms with E-state index < -0.39 is 18.2 Å². The number of carbonyl (C=O) groups is 2. The SMILES string of the molecule is CN1C(=O)C2(CC(c3ccccc3)Oc3ccc(-c4cccc(CO)c4)cc32)N=C1N.CN1C(=O)C2(CC(c3ccccc3)Oc3ccc(Br)cc32)N=C1N.OCc1cccc(B(O)O)c1. The summed E-state index contributed by atoms with van der Waals surface area (Å²) < 4.78 is 13.4. The van der Waals surface area contributed by atoms with Crippen LogP contribution in [0.1, 0.15) is 58.4 Å². The number of halogens is 1. The first-order chi connectivity index (χ1) is 31.8. The van der Waals surface area contributed by atoms with E-state index in [1.807, 2.05) is 121 Å². The van der Waals surface area contributed by atoms with Gasteiger partial charge >= 0.3 is 7.12 Å². The number of nitrogens with two attached hydrogens (primary N) is 2. The summed E-state index contributed by atoms with van der Waals surface area (Å²) in [7, 11) is 1.85. The average Bonchev–Trinajstić information content (AvgIpc) is 3.69. The Kier molecular flexibility index (Phi) is 13.1. The molecule has 0 aliphatic carbocycles. The summed E-state index contributed by atoms with van der Waals surface area (Å²) in [4.78, 5) is 38.5. The monoisotopic (exact) mass is 950 g/mol. The molecule has 336 valence electrons. The van der Waals surface area contributed by atoms with E-state index in [-0.39, 0.29) is 49.2 Å². The number of carbonyl (C=O) groups excluding carboxylic acids is 2. The van der Waals surface area contributed by atoms with Crippen molar-refractivity contribution in [1.82, 2.24) is 9.80 Å². The molecule has 4 atom stereocenters. The summed E-state index contributed by atoms with van der Waals surface area (Å²) in [6.07, 6.45) is 0.217. The van der Waals surface area contributed by atoms with Gasteiger partial charge in [-0.3, -0.25) is 19.4 Å². The van der Waals surface area contributed by atoms with Crippen LogP contribution in [0.5, 0.6) is 11.5 Å². The molecule has 4 aliphatic rings. The first-order valence-electron chi connectivity index (χ1n) is 21.2. The molecule has 0 fully saturated rings. The molecule has 10 rings (SSSR count). The number of amides is 2. The van der Waals surface area contributed by atoms with Gasteiger partial charge in [-0.1, -0.05) is 125 Å². The topological polar surface area (TPSA) is 217 Å². The average molecular weight is 952 g/mol. The van der Waals surface area contributed by atoms with E-state index in [2.05, 4.69) is 25.9 Å². The van der Waals surface area contributed by atoms with Crippen LogP contribution in [-0.2, 0) is 33.9 Å². The normalized spacial score (nSPS) is 21.3. The standard InChI is InChI=1S/C25H23N3O3.C18H16BrN3O2.C7H9BO3/c1-28-23(30)25(27-24(28)26)14-22(17-7-3-2-4-8-17)31-21-11-10-19(13-20(21)25)18-9-5-6-16(12-18)15-29;1-22-16(23)18(21-17(22)20)10-15(11-5-3-2-4-6-11)24-14-8-7-12(19)9-13(14)18;9-5-6-2-1-3-7(4-6)8(10)11/h2-13,22,29H,14-15H2,1H3,(H2,26,27);2-9,15H,10H2,1H3,(H2,20,21);1-4,9-11H,5H2. The van der Waals surface area contributed by atoms with Crippen LogP contribution in [-0.4, -0.2) is 75.0 Å². The van der Waals surface area contributed by atoms with Crippen LogP contribution in [0, 0.1) is 0 Å². The summed E-state index contributed by atoms with van der Waals surface area (Å²) in [5.74, 6) is 1.46. The van der Waals surface area contributed by atoms with Gasteiger partial charge in [0.15, 0.2) is 23.0 Å². The van der Waals surface area contributed by atoms with Gasteiger partial charge in [0.1, 0.15) is 23.7 Å². The second-order valence-corrected chi connectivity index (χ2v) is 17.2. The summed E-state index contributed by atoms with van der Waals surface area (Å²) in [5.41, 5.74) is 17.1. The van der Waals surface area contributed by atoms with Crippen molar-refractivity contribution in [1.29, 1.82) is 0 Å². The van der Waals surface area contributed by atoms with Crippen LogP contribution < -0.4 is 26.4 Å². The van der Waals surface area contributed by atoms with Gasteiger partial charge in [-0.25, -0.2) is 9.98 Å². The van der Waals surface area contributed by atoms with E-state index in [1.165, 1.54) is 9.80 Å². The van der Waals surface area contributed by atoms with E-state index in [9.17, 15) is 14.7 Å². The molecule has 0 aromatic heterocycles. The first kappa shape index (κ1) is 45.7. The largest absolute Gasteiger partial charge is 0.488 e. The van der Waals surface area contributed by atoms with Gasteiger partial charge in [-0.2, -0.15) is 0 Å². The maximum atomic E-state index is 13.4. The minimum atomic E-state index is -1.46. The van der Waals surface area contributed by atoms with Gasteiger partial charge in [0.2, 0.25) is 0 Å². The molecule has 4 aliphatic heterocycles. The Morgan fingerprint density at radius 1 is 0.621 bits per heavy atom. The molecule has 0 radical (unpaired) electrons. The van der Waals surface area contributed by atoms with Crippen molar-refractivity contribution in [3.8, 4) is 22.6 Å². The molecule has 0 bridgehead atoms. The lowest BCUT2D eigenvalue weighted by atomic mass is 9.79. The van der Waals surface area contributed by atoms with Crippen LogP contribution in [0.15, 0.2) is 160 Å². The minimum absolute atomic E-state index is 0.0330. The van der Waals surface area contributed by atoms with Crippen LogP contribution in [0.3, 0.4) is 0 Å². The molecule has 66 heavy (non-hydrogen) atoms. The maximum absolute atomic E-state index is 13.4. The van der Waals surface area contributed by atoms with Crippen molar-refractivity contribution in [3.05, 3.63) is 183 Å². The van der Waals surface area contributed by atoms with Gasteiger partial charge < -0.3 is 41.2 Å². The molecule has 0 saturated heterocycles. The van der Waals surface area contributed by atoms with Crippen molar-refractivity contribution in [2.45, 2.75) is 49.3 Å². The molecular weight excluding hydrogens is 903 g/mol. The van der Waals surface area contributed by atoms with Gasteiger partial charge in [0, 0.05) is 42.5 Å². The molecule has 2 spiro atoms. The van der Waals surface area contributed by atoms with E-state index >= 15 is 0 Å². The molecule has 4 heterocycles. The van der Waals surface area contributed by atoms with E-state index in [1.54, 1.807) is 38.4 Å². The highest BCUT2D eigenvalue weighted by atomic mass is 79.9. The highest BCUT2D eigenvalue weighted by Gasteiger charge is 2.55. The van der Waals surface area contributed by atoms with Crippen molar-refractivity contribution < 1.29 is 39.3 Å². The van der Waals surface area contributed by atoms with E-state index in [0.717, 1.165) is 37.9 Å². The molecule has 4 unspecified atom stereocenters. The molecule has 6 aromatic carbocycles. The summed E-state index contributed by atoms with van der Waals surface area (Å²) in [5, 5.41) is 35.6. The summed E-state index contributed by atoms with van der Waals surface area (Å²) >= 11 is 3.47. The number of hydrogen-bond donors (Lipinski definition) is 6. The van der Waals surface area contributed by atoms with Crippen molar-refractivity contribution >= 4 is 52.2 Å². The lowest BCUT2D eigenvalue weighted by molar-refractivity contribution is -0.133. The van der Waals surface area contributed by atoms with Gasteiger partial charge in [-0.05, 0) is 75.2 Å². The van der Waals surface area contributed by atoms with Gasteiger partial charge in [0.05, 0.1) is 13.2 Å². The summed E-state index contributed by atoms with van der Waals surface area (Å²) in [6.45, 7) is -0.116. The number of nitrogens with zero attached hydrogens (tertiary/aromatic N) is 4. The fourth-order valence-corrected chi connectivity index (χ4v) is 9.00. The predicted molar refractivity (Wildman–Crippen MR) is 255 cm³/mol. The lowest BCUT2D eigenvalue weighted by Crippen LogP contribution is -2.43. The number of aliphatic hydroxyl groups excluding tert-OH is 2. The molecule has 16 heteroatoms. The quantitative estimate of drug-likeness (QED) is 0.121. The summed E-state index contributed by atoms with van der Waals surface area (Å²) in [6, 6.07) is 45.4.